The zero-order valence-electron chi connectivity index (χ0n) is 16.9. The number of aromatic amines is 1. The van der Waals surface area contributed by atoms with E-state index in [0.29, 0.717) is 10.9 Å². The molecular weight excluding hydrogens is 402 g/mol. The number of anilines is 1. The van der Waals surface area contributed by atoms with Gasteiger partial charge in [-0.3, -0.25) is 19.1 Å². The van der Waals surface area contributed by atoms with Crippen molar-refractivity contribution in [3.05, 3.63) is 68.0 Å². The van der Waals surface area contributed by atoms with E-state index in [1.54, 1.807) is 18.7 Å². The number of benzene rings is 1. The SMILES string of the molecule is Cc1c(NC(=O)CSc2nc3c(c(=O)[nH]2)CCCC3)c(=O)n(-c2ccccc2)n1C. The quantitative estimate of drug-likeness (QED) is 0.482. The monoisotopic (exact) mass is 425 g/mol. The molecule has 9 heteroatoms. The summed E-state index contributed by atoms with van der Waals surface area (Å²) in [5, 5.41) is 3.16. The molecule has 0 unspecified atom stereocenters. The Morgan fingerprint density at radius 2 is 1.93 bits per heavy atom. The molecule has 0 fully saturated rings. The number of carbonyl (C=O) groups excluding carboxylic acids is 1. The topological polar surface area (TPSA) is 102 Å². The first-order valence-electron chi connectivity index (χ1n) is 9.84. The molecular formula is C21H23N5O3S. The number of hydrogen-bond acceptors (Lipinski definition) is 5. The Kier molecular flexibility index (Phi) is 5.63. The van der Waals surface area contributed by atoms with Crippen molar-refractivity contribution in [2.75, 3.05) is 11.1 Å². The van der Waals surface area contributed by atoms with E-state index in [1.807, 2.05) is 30.3 Å². The van der Waals surface area contributed by atoms with Gasteiger partial charge >= 0.3 is 0 Å². The number of para-hydroxylation sites is 1. The van der Waals surface area contributed by atoms with Crippen LogP contribution in [0.4, 0.5) is 5.69 Å². The second-order valence-corrected chi connectivity index (χ2v) is 8.24. The molecule has 0 radical (unpaired) electrons. The largest absolute Gasteiger partial charge is 0.319 e. The average molecular weight is 426 g/mol. The highest BCUT2D eigenvalue weighted by atomic mass is 32.2. The predicted molar refractivity (Wildman–Crippen MR) is 117 cm³/mol. The predicted octanol–water partition coefficient (Wildman–Crippen LogP) is 2.18. The van der Waals surface area contributed by atoms with Gasteiger partial charge in [-0.1, -0.05) is 30.0 Å². The Morgan fingerprint density at radius 1 is 1.20 bits per heavy atom. The minimum atomic E-state index is -0.327. The standard InChI is InChI=1S/C21H23N5O3S/c1-13-18(20(29)26(25(13)2)14-8-4-3-5-9-14)23-17(27)12-30-21-22-16-11-7-6-10-15(16)19(28)24-21/h3-5,8-9H,6-7,10-12H2,1-2H3,(H,23,27)(H,22,24,28). The molecule has 1 aliphatic rings. The Balaban J connectivity index is 1.50. The third kappa shape index (κ3) is 3.85. The number of fused-ring (bicyclic) bond motifs is 1. The number of rotatable bonds is 5. The maximum absolute atomic E-state index is 12.9. The van der Waals surface area contributed by atoms with Crippen LogP contribution in [0.15, 0.2) is 45.1 Å². The van der Waals surface area contributed by atoms with E-state index in [9.17, 15) is 14.4 Å². The zero-order chi connectivity index (χ0) is 21.3. The zero-order valence-corrected chi connectivity index (χ0v) is 17.7. The van der Waals surface area contributed by atoms with Crippen molar-refractivity contribution in [3.8, 4) is 5.69 Å². The van der Waals surface area contributed by atoms with Gasteiger partial charge in [-0.2, -0.15) is 0 Å². The van der Waals surface area contributed by atoms with Crippen molar-refractivity contribution < 1.29 is 4.79 Å². The van der Waals surface area contributed by atoms with Gasteiger partial charge in [-0.15, -0.1) is 0 Å². The number of aromatic nitrogens is 4. The van der Waals surface area contributed by atoms with Crippen LogP contribution in [0.2, 0.25) is 0 Å². The number of aryl methyl sites for hydroxylation is 1. The smallest absolute Gasteiger partial charge is 0.295 e. The summed E-state index contributed by atoms with van der Waals surface area (Å²) in [6.07, 6.45) is 3.57. The van der Waals surface area contributed by atoms with Crippen LogP contribution in [-0.2, 0) is 24.7 Å². The first-order valence-corrected chi connectivity index (χ1v) is 10.8. The van der Waals surface area contributed by atoms with Crippen LogP contribution in [0, 0.1) is 6.92 Å². The highest BCUT2D eigenvalue weighted by Crippen LogP contribution is 2.20. The summed E-state index contributed by atoms with van der Waals surface area (Å²) in [5.41, 5.74) is 2.81. The number of carbonyl (C=O) groups is 1. The lowest BCUT2D eigenvalue weighted by Crippen LogP contribution is -2.24. The van der Waals surface area contributed by atoms with Crippen molar-refractivity contribution in [3.63, 3.8) is 0 Å². The summed E-state index contributed by atoms with van der Waals surface area (Å²) >= 11 is 1.16. The molecule has 1 aliphatic carbocycles. The number of H-pyrrole nitrogens is 1. The lowest BCUT2D eigenvalue weighted by atomic mass is 9.97. The number of thioether (sulfide) groups is 1. The van der Waals surface area contributed by atoms with Crippen molar-refractivity contribution in [1.29, 1.82) is 0 Å². The fourth-order valence-electron chi connectivity index (χ4n) is 3.67. The first kappa shape index (κ1) is 20.2. The summed E-state index contributed by atoms with van der Waals surface area (Å²) in [6, 6.07) is 9.25. The molecule has 1 amide bonds. The molecule has 0 saturated carbocycles. The van der Waals surface area contributed by atoms with Gasteiger partial charge in [-0.05, 0) is 44.7 Å². The van der Waals surface area contributed by atoms with Crippen LogP contribution >= 0.6 is 11.8 Å². The van der Waals surface area contributed by atoms with Gasteiger partial charge in [0.05, 0.1) is 22.8 Å². The van der Waals surface area contributed by atoms with Gasteiger partial charge in [0.15, 0.2) is 5.16 Å². The third-order valence-electron chi connectivity index (χ3n) is 5.33. The minimum absolute atomic E-state index is 0.0425. The van der Waals surface area contributed by atoms with Crippen LogP contribution < -0.4 is 16.4 Å². The van der Waals surface area contributed by atoms with Crippen molar-refractivity contribution in [2.45, 2.75) is 37.8 Å². The maximum atomic E-state index is 12.9. The fraction of sp³-hybridized carbons (Fsp3) is 0.333. The van der Waals surface area contributed by atoms with Crippen molar-refractivity contribution >= 4 is 23.4 Å². The van der Waals surface area contributed by atoms with Gasteiger partial charge in [0, 0.05) is 12.6 Å². The van der Waals surface area contributed by atoms with Crippen molar-refractivity contribution in [2.24, 2.45) is 7.05 Å². The molecule has 2 heterocycles. The maximum Gasteiger partial charge on any atom is 0.295 e. The normalized spacial score (nSPS) is 13.1. The second-order valence-electron chi connectivity index (χ2n) is 7.28. The van der Waals surface area contributed by atoms with E-state index in [-0.39, 0.29) is 28.5 Å². The summed E-state index contributed by atoms with van der Waals surface area (Å²) in [5.74, 6) is -0.285. The molecule has 8 nitrogen and oxygen atoms in total. The molecule has 0 aliphatic heterocycles. The fourth-order valence-corrected chi connectivity index (χ4v) is 4.35. The minimum Gasteiger partial charge on any atom is -0.319 e. The van der Waals surface area contributed by atoms with E-state index < -0.39 is 0 Å². The number of nitrogens with zero attached hydrogens (tertiary/aromatic N) is 3. The Labute approximate surface area is 177 Å². The molecule has 0 spiro atoms. The summed E-state index contributed by atoms with van der Waals surface area (Å²) in [6.45, 7) is 1.78. The van der Waals surface area contributed by atoms with Gasteiger partial charge in [-0.25, -0.2) is 9.67 Å². The summed E-state index contributed by atoms with van der Waals surface area (Å²) in [7, 11) is 1.77. The van der Waals surface area contributed by atoms with Crippen LogP contribution in [0.5, 0.6) is 0 Å². The Hall–Kier alpha value is -3.07. The summed E-state index contributed by atoms with van der Waals surface area (Å²) < 4.78 is 3.23. The molecule has 4 rings (SSSR count). The lowest BCUT2D eigenvalue weighted by molar-refractivity contribution is -0.113. The second kappa shape index (κ2) is 8.35. The van der Waals surface area contributed by atoms with E-state index in [0.717, 1.165) is 54.4 Å². The van der Waals surface area contributed by atoms with E-state index in [1.165, 1.54) is 4.68 Å². The Morgan fingerprint density at radius 3 is 2.70 bits per heavy atom. The summed E-state index contributed by atoms with van der Waals surface area (Å²) in [4.78, 5) is 44.9. The highest BCUT2D eigenvalue weighted by Gasteiger charge is 2.19. The molecule has 30 heavy (non-hydrogen) atoms. The Bertz CT molecular complexity index is 1210. The van der Waals surface area contributed by atoms with Crippen LogP contribution in [0.3, 0.4) is 0 Å². The average Bonchev–Trinajstić information content (AvgIpc) is 2.96. The molecule has 2 N–H and O–H groups in total. The van der Waals surface area contributed by atoms with Gasteiger partial charge in [0.2, 0.25) is 5.91 Å². The molecule has 3 aromatic rings. The van der Waals surface area contributed by atoms with E-state index in [2.05, 4.69) is 15.3 Å². The van der Waals surface area contributed by atoms with Gasteiger partial charge in [0.1, 0.15) is 5.69 Å². The van der Waals surface area contributed by atoms with Crippen LogP contribution in [0.1, 0.15) is 29.8 Å². The highest BCUT2D eigenvalue weighted by molar-refractivity contribution is 7.99. The number of nitrogens with one attached hydrogen (secondary N) is 2. The molecule has 156 valence electrons. The molecule has 0 bridgehead atoms. The first-order chi connectivity index (χ1) is 14.5. The van der Waals surface area contributed by atoms with Crippen LogP contribution in [-0.4, -0.2) is 31.0 Å². The lowest BCUT2D eigenvalue weighted by Gasteiger charge is -2.14. The van der Waals surface area contributed by atoms with Crippen LogP contribution in [0.25, 0.3) is 5.69 Å². The third-order valence-corrected chi connectivity index (χ3v) is 6.20. The van der Waals surface area contributed by atoms with Crippen molar-refractivity contribution in [1.82, 2.24) is 19.3 Å². The number of hydrogen-bond donors (Lipinski definition) is 2. The van der Waals surface area contributed by atoms with Gasteiger partial charge < -0.3 is 10.3 Å². The molecule has 1 aromatic carbocycles. The molecule has 2 aromatic heterocycles. The van der Waals surface area contributed by atoms with E-state index in [4.69, 9.17) is 0 Å². The molecule has 0 atom stereocenters. The molecule has 0 saturated heterocycles. The number of amides is 1. The van der Waals surface area contributed by atoms with E-state index >= 15 is 0 Å². The van der Waals surface area contributed by atoms with Gasteiger partial charge in [0.25, 0.3) is 11.1 Å².